The highest BCUT2D eigenvalue weighted by molar-refractivity contribution is 9.10. The zero-order chi connectivity index (χ0) is 13.8. The van der Waals surface area contributed by atoms with Gasteiger partial charge in [0.1, 0.15) is 0 Å². The Labute approximate surface area is 121 Å². The Kier molecular flexibility index (Phi) is 5.63. The van der Waals surface area contributed by atoms with E-state index in [2.05, 4.69) is 21.2 Å². The fraction of sp³-hybridized carbons (Fsp3) is 0.462. The van der Waals surface area contributed by atoms with E-state index in [0.717, 1.165) is 0 Å². The Hall–Kier alpha value is -0.580. The predicted octanol–water partition coefficient (Wildman–Crippen LogP) is 3.65. The summed E-state index contributed by atoms with van der Waals surface area (Å²) in [5.41, 5.74) is 0.0708. The van der Waals surface area contributed by atoms with Gasteiger partial charge in [-0.15, -0.1) is 0 Å². The molecule has 0 atom stereocenters. The molecule has 1 aromatic rings. The summed E-state index contributed by atoms with van der Waals surface area (Å²) >= 11 is 9.35. The highest BCUT2D eigenvalue weighted by Gasteiger charge is 2.20. The van der Waals surface area contributed by atoms with Crippen LogP contribution in [0.4, 0.5) is 0 Å². The van der Waals surface area contributed by atoms with Gasteiger partial charge in [0, 0.05) is 17.6 Å². The quantitative estimate of drug-likeness (QED) is 0.892. The number of hydrogen-bond donors (Lipinski definition) is 1. The van der Waals surface area contributed by atoms with Gasteiger partial charge in [-0.1, -0.05) is 17.7 Å². The molecule has 0 radical (unpaired) electrons. The minimum Gasteiger partial charge on any atom is -0.374 e. The van der Waals surface area contributed by atoms with Crippen molar-refractivity contribution >= 4 is 33.4 Å². The maximum atomic E-state index is 12.0. The lowest BCUT2D eigenvalue weighted by atomic mass is 10.1. The van der Waals surface area contributed by atoms with Crippen molar-refractivity contribution in [3.8, 4) is 0 Å². The molecule has 18 heavy (non-hydrogen) atoms. The van der Waals surface area contributed by atoms with Crippen LogP contribution in [0.3, 0.4) is 0 Å². The SMILES string of the molecule is CCOC(C)(C)CNC(=O)c1cccc(Br)c1Cl. The molecule has 3 nitrogen and oxygen atoms in total. The molecule has 0 aliphatic heterocycles. The standard InChI is InChI=1S/C13H17BrClNO2/c1-4-18-13(2,3)8-16-12(17)9-6-5-7-10(14)11(9)15/h5-7H,4,8H2,1-3H3,(H,16,17). The van der Waals surface area contributed by atoms with Crippen molar-refractivity contribution in [1.29, 1.82) is 0 Å². The minimum absolute atomic E-state index is 0.200. The lowest BCUT2D eigenvalue weighted by Gasteiger charge is -2.25. The van der Waals surface area contributed by atoms with Crippen molar-refractivity contribution in [2.24, 2.45) is 0 Å². The summed E-state index contributed by atoms with van der Waals surface area (Å²) in [7, 11) is 0. The fourth-order valence-electron chi connectivity index (χ4n) is 1.51. The first-order valence-electron chi connectivity index (χ1n) is 5.73. The number of nitrogens with one attached hydrogen (secondary N) is 1. The van der Waals surface area contributed by atoms with Gasteiger partial charge in [0.05, 0.1) is 16.2 Å². The maximum absolute atomic E-state index is 12.0. The van der Waals surface area contributed by atoms with Gasteiger partial charge in [0.2, 0.25) is 0 Å². The molecule has 100 valence electrons. The van der Waals surface area contributed by atoms with E-state index in [1.54, 1.807) is 18.2 Å². The predicted molar refractivity (Wildman–Crippen MR) is 77.2 cm³/mol. The van der Waals surface area contributed by atoms with Crippen LogP contribution in [0.15, 0.2) is 22.7 Å². The third kappa shape index (κ3) is 4.26. The van der Waals surface area contributed by atoms with E-state index in [-0.39, 0.29) is 11.5 Å². The second kappa shape index (κ2) is 6.55. The van der Waals surface area contributed by atoms with E-state index in [1.165, 1.54) is 0 Å². The van der Waals surface area contributed by atoms with E-state index in [1.807, 2.05) is 20.8 Å². The maximum Gasteiger partial charge on any atom is 0.252 e. The Morgan fingerprint density at radius 1 is 1.50 bits per heavy atom. The largest absolute Gasteiger partial charge is 0.374 e. The Bertz CT molecular complexity index is 435. The van der Waals surface area contributed by atoms with Gasteiger partial charge in [-0.05, 0) is 48.8 Å². The number of halogens is 2. The van der Waals surface area contributed by atoms with Gasteiger partial charge in [-0.2, -0.15) is 0 Å². The lowest BCUT2D eigenvalue weighted by molar-refractivity contribution is -0.00815. The van der Waals surface area contributed by atoms with E-state index >= 15 is 0 Å². The molecule has 1 aromatic carbocycles. The van der Waals surface area contributed by atoms with E-state index in [0.29, 0.717) is 28.2 Å². The Morgan fingerprint density at radius 2 is 2.17 bits per heavy atom. The van der Waals surface area contributed by atoms with Crippen LogP contribution in [0.1, 0.15) is 31.1 Å². The van der Waals surface area contributed by atoms with Crippen LogP contribution in [-0.4, -0.2) is 24.7 Å². The highest BCUT2D eigenvalue weighted by Crippen LogP contribution is 2.25. The number of hydrogen-bond acceptors (Lipinski definition) is 2. The van der Waals surface area contributed by atoms with Crippen LogP contribution in [-0.2, 0) is 4.74 Å². The Morgan fingerprint density at radius 3 is 2.78 bits per heavy atom. The number of rotatable bonds is 5. The van der Waals surface area contributed by atoms with Crippen LogP contribution >= 0.6 is 27.5 Å². The normalized spacial score (nSPS) is 11.4. The third-order valence-corrected chi connectivity index (χ3v) is 3.70. The summed E-state index contributed by atoms with van der Waals surface area (Å²) in [5, 5.41) is 3.24. The second-order valence-electron chi connectivity index (χ2n) is 4.48. The van der Waals surface area contributed by atoms with Crippen molar-refractivity contribution in [1.82, 2.24) is 5.32 Å². The van der Waals surface area contributed by atoms with E-state index in [4.69, 9.17) is 16.3 Å². The first kappa shape index (κ1) is 15.5. The topological polar surface area (TPSA) is 38.3 Å². The molecule has 0 aliphatic carbocycles. The van der Waals surface area contributed by atoms with Gasteiger partial charge in [-0.25, -0.2) is 0 Å². The molecule has 0 aromatic heterocycles. The van der Waals surface area contributed by atoms with Crippen LogP contribution in [0.5, 0.6) is 0 Å². The molecule has 5 heteroatoms. The molecule has 0 fully saturated rings. The Balaban J connectivity index is 2.69. The van der Waals surface area contributed by atoms with Crippen LogP contribution in [0.25, 0.3) is 0 Å². The summed E-state index contributed by atoms with van der Waals surface area (Å²) in [4.78, 5) is 12.0. The van der Waals surface area contributed by atoms with Gasteiger partial charge in [0.25, 0.3) is 5.91 Å². The number of carbonyl (C=O) groups is 1. The number of ether oxygens (including phenoxy) is 1. The molecule has 1 rings (SSSR count). The van der Waals surface area contributed by atoms with Gasteiger partial charge in [-0.3, -0.25) is 4.79 Å². The average molecular weight is 335 g/mol. The molecule has 0 unspecified atom stereocenters. The van der Waals surface area contributed by atoms with E-state index in [9.17, 15) is 4.79 Å². The van der Waals surface area contributed by atoms with Crippen molar-refractivity contribution in [2.45, 2.75) is 26.4 Å². The fourth-order valence-corrected chi connectivity index (χ4v) is 2.09. The zero-order valence-electron chi connectivity index (χ0n) is 10.7. The molecule has 0 saturated heterocycles. The summed E-state index contributed by atoms with van der Waals surface area (Å²) in [6.07, 6.45) is 0. The van der Waals surface area contributed by atoms with Crippen molar-refractivity contribution in [3.05, 3.63) is 33.3 Å². The highest BCUT2D eigenvalue weighted by atomic mass is 79.9. The van der Waals surface area contributed by atoms with Crippen LogP contribution in [0.2, 0.25) is 5.02 Å². The summed E-state index contributed by atoms with van der Waals surface area (Å²) in [6, 6.07) is 5.26. The smallest absolute Gasteiger partial charge is 0.252 e. The van der Waals surface area contributed by atoms with Crippen LogP contribution < -0.4 is 5.32 Å². The molecular weight excluding hydrogens is 318 g/mol. The van der Waals surface area contributed by atoms with Crippen molar-refractivity contribution in [2.75, 3.05) is 13.2 Å². The monoisotopic (exact) mass is 333 g/mol. The molecular formula is C13H17BrClNO2. The summed E-state index contributed by atoms with van der Waals surface area (Å²) in [5.74, 6) is -0.200. The van der Waals surface area contributed by atoms with Crippen molar-refractivity contribution in [3.63, 3.8) is 0 Å². The van der Waals surface area contributed by atoms with Gasteiger partial charge in [0.15, 0.2) is 0 Å². The van der Waals surface area contributed by atoms with Crippen molar-refractivity contribution < 1.29 is 9.53 Å². The van der Waals surface area contributed by atoms with Crippen LogP contribution in [0, 0.1) is 0 Å². The second-order valence-corrected chi connectivity index (χ2v) is 5.71. The molecule has 0 aliphatic rings. The van der Waals surface area contributed by atoms with Gasteiger partial charge < -0.3 is 10.1 Å². The first-order chi connectivity index (χ1) is 8.37. The third-order valence-electron chi connectivity index (χ3n) is 2.41. The minimum atomic E-state index is -0.386. The molecule has 0 saturated carbocycles. The lowest BCUT2D eigenvalue weighted by Crippen LogP contribution is -2.40. The zero-order valence-corrected chi connectivity index (χ0v) is 13.1. The van der Waals surface area contributed by atoms with Gasteiger partial charge >= 0.3 is 0 Å². The number of carbonyl (C=O) groups excluding carboxylic acids is 1. The summed E-state index contributed by atoms with van der Waals surface area (Å²) < 4.78 is 6.22. The molecule has 0 heterocycles. The number of amides is 1. The number of benzene rings is 1. The molecule has 1 amide bonds. The molecule has 0 spiro atoms. The van der Waals surface area contributed by atoms with E-state index < -0.39 is 0 Å². The first-order valence-corrected chi connectivity index (χ1v) is 6.90. The summed E-state index contributed by atoms with van der Waals surface area (Å²) in [6.45, 7) is 6.83. The average Bonchev–Trinajstić information content (AvgIpc) is 2.30. The molecule has 1 N–H and O–H groups in total. The molecule has 0 bridgehead atoms.